The fraction of sp³-hybridized carbons (Fsp3) is 0.0968. The van der Waals surface area contributed by atoms with Gasteiger partial charge in [-0.3, -0.25) is 14.2 Å². The van der Waals surface area contributed by atoms with Gasteiger partial charge in [0.2, 0.25) is 0 Å². The van der Waals surface area contributed by atoms with Crippen LogP contribution < -0.4 is 5.32 Å². The molecule has 1 aromatic heterocycles. The van der Waals surface area contributed by atoms with Crippen LogP contribution in [-0.2, 0) is 6.54 Å². The Morgan fingerprint density at radius 3 is 2.31 bits per heavy atom. The van der Waals surface area contributed by atoms with Crippen molar-refractivity contribution in [2.45, 2.75) is 18.6 Å². The number of Topliss-reactive ketones (excluding diaryl/α,β-unsaturated/α-hetero) is 1. The van der Waals surface area contributed by atoms with E-state index in [0.29, 0.717) is 34.3 Å². The molecule has 0 atom stereocenters. The van der Waals surface area contributed by atoms with E-state index in [1.165, 1.54) is 36.0 Å². The highest BCUT2D eigenvalue weighted by Gasteiger charge is 2.17. The highest BCUT2D eigenvalue weighted by atomic mass is 32.2. The Labute approximate surface area is 229 Å². The van der Waals surface area contributed by atoms with Gasteiger partial charge in [-0.15, -0.1) is 10.2 Å². The lowest BCUT2D eigenvalue weighted by Crippen LogP contribution is -2.11. The lowest BCUT2D eigenvalue weighted by Gasteiger charge is -2.11. The first-order chi connectivity index (χ1) is 19.0. The van der Waals surface area contributed by atoms with Gasteiger partial charge in [0.1, 0.15) is 5.82 Å². The van der Waals surface area contributed by atoms with Gasteiger partial charge < -0.3 is 5.32 Å². The maximum Gasteiger partial charge on any atom is 0.255 e. The van der Waals surface area contributed by atoms with Gasteiger partial charge in [-0.2, -0.15) is 0 Å². The third kappa shape index (κ3) is 6.48. The van der Waals surface area contributed by atoms with Gasteiger partial charge >= 0.3 is 0 Å². The Morgan fingerprint density at radius 1 is 0.846 bits per heavy atom. The molecule has 8 heteroatoms. The molecular weight excluding hydrogens is 511 g/mol. The minimum Gasteiger partial charge on any atom is -0.322 e. The number of amides is 1. The number of carbonyl (C=O) groups excluding carboxylic acids is 2. The summed E-state index contributed by atoms with van der Waals surface area (Å²) in [6.45, 7) is 2.46. The Hall–Kier alpha value is -4.56. The van der Waals surface area contributed by atoms with E-state index in [2.05, 4.69) is 15.5 Å². The molecule has 0 saturated heterocycles. The molecule has 0 fully saturated rings. The third-order valence-corrected chi connectivity index (χ3v) is 7.05. The van der Waals surface area contributed by atoms with E-state index in [4.69, 9.17) is 0 Å². The van der Waals surface area contributed by atoms with Crippen molar-refractivity contribution in [3.8, 4) is 11.4 Å². The molecule has 5 aromatic rings. The molecule has 0 spiro atoms. The van der Waals surface area contributed by atoms with Crippen molar-refractivity contribution in [2.24, 2.45) is 0 Å². The largest absolute Gasteiger partial charge is 0.322 e. The maximum absolute atomic E-state index is 13.2. The van der Waals surface area contributed by atoms with Crippen molar-refractivity contribution in [1.29, 1.82) is 0 Å². The molecule has 0 aliphatic heterocycles. The highest BCUT2D eigenvalue weighted by molar-refractivity contribution is 7.99. The van der Waals surface area contributed by atoms with Gasteiger partial charge in [-0.25, -0.2) is 4.39 Å². The second kappa shape index (κ2) is 11.9. The van der Waals surface area contributed by atoms with E-state index in [0.717, 1.165) is 16.7 Å². The van der Waals surface area contributed by atoms with E-state index in [9.17, 15) is 14.0 Å². The van der Waals surface area contributed by atoms with Crippen molar-refractivity contribution in [1.82, 2.24) is 14.8 Å². The first kappa shape index (κ1) is 26.1. The molecule has 1 amide bonds. The van der Waals surface area contributed by atoms with Crippen LogP contribution in [0.5, 0.6) is 0 Å². The van der Waals surface area contributed by atoms with Crippen LogP contribution in [0.1, 0.15) is 31.8 Å². The fourth-order valence-electron chi connectivity index (χ4n) is 4.06. The van der Waals surface area contributed by atoms with Crippen molar-refractivity contribution < 1.29 is 14.0 Å². The van der Waals surface area contributed by atoms with Crippen molar-refractivity contribution in [3.05, 3.63) is 131 Å². The minimum atomic E-state index is -0.382. The molecule has 0 bridgehead atoms. The summed E-state index contributed by atoms with van der Waals surface area (Å²) in [6, 6.07) is 30.3. The zero-order valence-electron chi connectivity index (χ0n) is 21.2. The smallest absolute Gasteiger partial charge is 0.255 e. The lowest BCUT2D eigenvalue weighted by molar-refractivity contribution is 0.101. The number of nitrogens with one attached hydrogen (secondary N) is 1. The van der Waals surface area contributed by atoms with Gasteiger partial charge in [0, 0.05) is 22.4 Å². The van der Waals surface area contributed by atoms with Crippen LogP contribution in [0.15, 0.2) is 108 Å². The van der Waals surface area contributed by atoms with E-state index in [1.807, 2.05) is 84.3 Å². The molecule has 39 heavy (non-hydrogen) atoms. The van der Waals surface area contributed by atoms with E-state index < -0.39 is 0 Å². The molecule has 0 unspecified atom stereocenters. The second-order valence-electron chi connectivity index (χ2n) is 9.00. The number of halogens is 1. The van der Waals surface area contributed by atoms with Crippen LogP contribution in [0, 0.1) is 12.7 Å². The number of rotatable bonds is 9. The van der Waals surface area contributed by atoms with E-state index in [-0.39, 0.29) is 23.3 Å². The summed E-state index contributed by atoms with van der Waals surface area (Å²) < 4.78 is 15.2. The van der Waals surface area contributed by atoms with Crippen LogP contribution in [-0.4, -0.2) is 32.2 Å². The molecule has 0 saturated carbocycles. The molecule has 0 aliphatic rings. The van der Waals surface area contributed by atoms with Crippen LogP contribution in [0.3, 0.4) is 0 Å². The Bertz CT molecular complexity index is 1600. The number of carbonyl (C=O) groups is 2. The highest BCUT2D eigenvalue weighted by Crippen LogP contribution is 2.27. The quantitative estimate of drug-likeness (QED) is 0.168. The molecule has 5 rings (SSSR count). The number of aryl methyl sites for hydroxylation is 1. The van der Waals surface area contributed by atoms with E-state index >= 15 is 0 Å². The third-order valence-electron chi connectivity index (χ3n) is 6.08. The van der Waals surface area contributed by atoms with Crippen molar-refractivity contribution in [2.75, 3.05) is 11.1 Å². The van der Waals surface area contributed by atoms with Crippen LogP contribution >= 0.6 is 11.8 Å². The van der Waals surface area contributed by atoms with E-state index in [1.54, 1.807) is 6.07 Å². The number of ketones is 1. The summed E-state index contributed by atoms with van der Waals surface area (Å²) >= 11 is 1.29. The number of hydrogen-bond donors (Lipinski definition) is 1. The normalized spacial score (nSPS) is 10.8. The Balaban J connectivity index is 1.36. The summed E-state index contributed by atoms with van der Waals surface area (Å²) in [5.74, 6) is 0.106. The zero-order chi connectivity index (χ0) is 27.2. The monoisotopic (exact) mass is 536 g/mol. The maximum atomic E-state index is 13.2. The van der Waals surface area contributed by atoms with Gasteiger partial charge in [-0.1, -0.05) is 59.8 Å². The SMILES string of the molecule is Cc1cccc(C(=O)Nc2ccc(-c3nnc(SCC(=O)c4ccc(F)cc4)n3Cc3ccccc3)cc2)c1. The topological polar surface area (TPSA) is 76.9 Å². The van der Waals surface area contributed by atoms with Crippen LogP contribution in [0.4, 0.5) is 10.1 Å². The molecule has 0 aliphatic carbocycles. The average molecular weight is 537 g/mol. The number of anilines is 1. The van der Waals surface area contributed by atoms with Crippen molar-refractivity contribution >= 4 is 29.1 Å². The first-order valence-electron chi connectivity index (χ1n) is 12.3. The summed E-state index contributed by atoms with van der Waals surface area (Å²) in [4.78, 5) is 25.3. The molecule has 194 valence electrons. The van der Waals surface area contributed by atoms with Crippen LogP contribution in [0.2, 0.25) is 0 Å². The molecule has 1 heterocycles. The summed E-state index contributed by atoms with van der Waals surface area (Å²) in [5.41, 5.74) is 4.61. The number of hydrogen-bond acceptors (Lipinski definition) is 5. The second-order valence-corrected chi connectivity index (χ2v) is 9.94. The Morgan fingerprint density at radius 2 is 1.59 bits per heavy atom. The number of benzene rings is 4. The number of thioether (sulfide) groups is 1. The lowest BCUT2D eigenvalue weighted by atomic mass is 10.1. The zero-order valence-corrected chi connectivity index (χ0v) is 22.0. The molecule has 1 N–H and O–H groups in total. The van der Waals surface area contributed by atoms with Gasteiger partial charge in [-0.05, 0) is 73.2 Å². The summed E-state index contributed by atoms with van der Waals surface area (Å²) in [6.07, 6.45) is 0. The molecule has 6 nitrogen and oxygen atoms in total. The number of nitrogens with zero attached hydrogens (tertiary/aromatic N) is 3. The predicted octanol–water partition coefficient (Wildman–Crippen LogP) is 6.67. The molecular formula is C31H25FN4O2S. The Kier molecular flexibility index (Phi) is 7.94. The molecule has 4 aromatic carbocycles. The minimum absolute atomic E-state index is 0.121. The van der Waals surface area contributed by atoms with Gasteiger partial charge in [0.05, 0.1) is 12.3 Å². The van der Waals surface area contributed by atoms with Crippen LogP contribution in [0.25, 0.3) is 11.4 Å². The average Bonchev–Trinajstić information content (AvgIpc) is 3.35. The molecule has 0 radical (unpaired) electrons. The van der Waals surface area contributed by atoms with Gasteiger partial charge in [0.15, 0.2) is 16.8 Å². The van der Waals surface area contributed by atoms with Crippen molar-refractivity contribution in [3.63, 3.8) is 0 Å². The van der Waals surface area contributed by atoms with Gasteiger partial charge in [0.25, 0.3) is 5.91 Å². The first-order valence-corrected chi connectivity index (χ1v) is 13.3. The predicted molar refractivity (Wildman–Crippen MR) is 152 cm³/mol. The fourth-order valence-corrected chi connectivity index (χ4v) is 4.89. The summed E-state index contributed by atoms with van der Waals surface area (Å²) in [7, 11) is 0. The standard InChI is InChI=1S/C31H25FN4O2S/c1-21-6-5-9-25(18-21)30(38)33-27-16-12-24(13-17-27)29-34-35-31(36(29)19-22-7-3-2-4-8-22)39-20-28(37)23-10-14-26(32)15-11-23/h2-18H,19-20H2,1H3,(H,33,38). The number of aromatic nitrogens is 3. The summed E-state index contributed by atoms with van der Waals surface area (Å²) in [5, 5.41) is 12.3.